The van der Waals surface area contributed by atoms with Gasteiger partial charge in [-0.05, 0) is 71.4 Å². The van der Waals surface area contributed by atoms with Crippen molar-refractivity contribution in [2.75, 3.05) is 0 Å². The molecule has 7 aromatic carbocycles. The first-order chi connectivity index (χ1) is 24.2. The number of pyridine rings is 2. The number of benzene rings is 7. The van der Waals surface area contributed by atoms with Gasteiger partial charge in [0.15, 0.2) is 0 Å². The normalized spacial score (nSPS) is 12.2. The lowest BCUT2D eigenvalue weighted by Crippen LogP contribution is -2.27. The van der Waals surface area contributed by atoms with Gasteiger partial charge < -0.3 is 9.13 Å². The molecule has 4 heterocycles. The minimum absolute atomic E-state index is 0.286. The molecule has 228 valence electrons. The van der Waals surface area contributed by atoms with Gasteiger partial charge in [0.2, 0.25) is 0 Å². The van der Waals surface area contributed by atoms with E-state index in [2.05, 4.69) is 112 Å². The maximum atomic E-state index is 13.9. The number of hydrogen-bond acceptors (Lipinski definition) is 2. The molecule has 4 aromatic heterocycles. The van der Waals surface area contributed by atoms with Crippen LogP contribution in [-0.2, 0) is 0 Å². The fourth-order valence-corrected chi connectivity index (χ4v) is 8.31. The van der Waals surface area contributed by atoms with Gasteiger partial charge in [-0.2, -0.15) is 0 Å². The quantitative estimate of drug-likeness (QED) is 0.142. The summed E-state index contributed by atoms with van der Waals surface area (Å²) in [6.07, 6.45) is 0. The zero-order valence-corrected chi connectivity index (χ0v) is 26.1. The van der Waals surface area contributed by atoms with Crippen molar-refractivity contribution in [2.24, 2.45) is 0 Å². The Balaban J connectivity index is 1.35. The van der Waals surface area contributed by atoms with E-state index in [9.17, 15) is 9.59 Å². The van der Waals surface area contributed by atoms with Gasteiger partial charge >= 0.3 is 0 Å². The molecule has 0 fully saturated rings. The highest BCUT2D eigenvalue weighted by molar-refractivity contribution is 6.21. The fraction of sp³-hybridized carbons (Fsp3) is 0. The Morgan fingerprint density at radius 3 is 1.22 bits per heavy atom. The Hall–Kier alpha value is -6.72. The monoisotopic (exact) mass is 627 g/mol. The topological polar surface area (TPSA) is 48.4 Å². The highest BCUT2D eigenvalue weighted by atomic mass is 16.2. The summed E-state index contributed by atoms with van der Waals surface area (Å²) in [6.45, 7) is 0. The Morgan fingerprint density at radius 2 is 0.714 bits per heavy atom. The van der Waals surface area contributed by atoms with Crippen molar-refractivity contribution in [3.8, 4) is 11.4 Å². The molecule has 0 aliphatic carbocycles. The third-order valence-corrected chi connectivity index (χ3v) is 10.4. The molecule has 0 aliphatic heterocycles. The first-order valence-electron chi connectivity index (χ1n) is 16.5. The smallest absolute Gasteiger partial charge is 0.266 e. The lowest BCUT2D eigenvalue weighted by Gasteiger charge is -2.16. The van der Waals surface area contributed by atoms with E-state index in [4.69, 9.17) is 0 Å². The molecule has 11 aromatic rings. The molecule has 0 radical (unpaired) electrons. The van der Waals surface area contributed by atoms with Gasteiger partial charge in [0, 0.05) is 54.5 Å². The van der Waals surface area contributed by atoms with Gasteiger partial charge in [0.05, 0.1) is 27.6 Å². The van der Waals surface area contributed by atoms with Crippen LogP contribution in [0.15, 0.2) is 161 Å². The first-order valence-corrected chi connectivity index (χ1v) is 16.5. The first kappa shape index (κ1) is 26.4. The van der Waals surface area contributed by atoms with Gasteiger partial charge in [0.1, 0.15) is 0 Å². The van der Waals surface area contributed by atoms with Crippen molar-refractivity contribution in [1.29, 1.82) is 0 Å². The van der Waals surface area contributed by atoms with Crippen LogP contribution in [0.4, 0.5) is 0 Å². The van der Waals surface area contributed by atoms with Crippen LogP contribution in [0.2, 0.25) is 0 Å². The Morgan fingerprint density at radius 1 is 0.306 bits per heavy atom. The van der Waals surface area contributed by atoms with E-state index >= 15 is 0 Å². The van der Waals surface area contributed by atoms with Crippen molar-refractivity contribution in [3.63, 3.8) is 0 Å². The summed E-state index contributed by atoms with van der Waals surface area (Å²) in [5.41, 5.74) is 6.67. The third kappa shape index (κ3) is 3.38. The molecule has 0 atom stereocenters. The lowest BCUT2D eigenvalue weighted by molar-refractivity contribution is 1.09. The summed E-state index contributed by atoms with van der Waals surface area (Å²) in [5, 5.41) is 9.16. The molecule has 0 bridgehead atoms. The van der Waals surface area contributed by atoms with Crippen molar-refractivity contribution in [2.45, 2.75) is 0 Å². The van der Waals surface area contributed by atoms with Gasteiger partial charge in [0.25, 0.3) is 11.1 Å². The second-order valence-corrected chi connectivity index (χ2v) is 12.9. The Labute approximate surface area is 278 Å². The van der Waals surface area contributed by atoms with Crippen molar-refractivity contribution in [1.82, 2.24) is 13.5 Å². The Kier molecular flexibility index (Phi) is 5.07. The number of aromatic nitrogens is 3. The maximum absolute atomic E-state index is 13.9. The van der Waals surface area contributed by atoms with E-state index in [-0.39, 0.29) is 11.1 Å². The highest BCUT2D eigenvalue weighted by Gasteiger charge is 2.22. The molecule has 0 amide bonds. The molecule has 0 saturated carbocycles. The summed E-state index contributed by atoms with van der Waals surface area (Å²) < 4.78 is 6.08. The van der Waals surface area contributed by atoms with E-state index in [1.165, 1.54) is 15.2 Å². The average molecular weight is 628 g/mol. The molecule has 0 unspecified atom stereocenters. The summed E-state index contributed by atoms with van der Waals surface area (Å²) in [4.78, 5) is 27.8. The molecule has 0 saturated heterocycles. The minimum atomic E-state index is -0.286. The van der Waals surface area contributed by atoms with Crippen molar-refractivity contribution >= 4 is 81.4 Å². The second kappa shape index (κ2) is 9.43. The molecule has 0 spiro atoms. The van der Waals surface area contributed by atoms with E-state index in [1.807, 2.05) is 48.5 Å². The molecule has 5 heteroatoms. The molecule has 0 N–H and O–H groups in total. The van der Waals surface area contributed by atoms with Crippen LogP contribution in [0.3, 0.4) is 0 Å². The number of para-hydroxylation sites is 3. The van der Waals surface area contributed by atoms with E-state index in [0.29, 0.717) is 16.3 Å². The second-order valence-electron chi connectivity index (χ2n) is 12.9. The van der Waals surface area contributed by atoms with Crippen LogP contribution < -0.4 is 11.1 Å². The fourth-order valence-electron chi connectivity index (χ4n) is 8.31. The number of nitrogens with zero attached hydrogens (tertiary/aromatic N) is 3. The third-order valence-electron chi connectivity index (χ3n) is 10.4. The van der Waals surface area contributed by atoms with E-state index in [0.717, 1.165) is 65.8 Å². The van der Waals surface area contributed by atoms with Crippen LogP contribution in [0, 0.1) is 0 Å². The van der Waals surface area contributed by atoms with Gasteiger partial charge in [-0.25, -0.2) is 4.40 Å². The van der Waals surface area contributed by atoms with E-state index < -0.39 is 0 Å². The predicted molar refractivity (Wildman–Crippen MR) is 202 cm³/mol. The molecule has 5 nitrogen and oxygen atoms in total. The molecular formula is C44H25N3O2. The van der Waals surface area contributed by atoms with Gasteiger partial charge in [-0.15, -0.1) is 0 Å². The van der Waals surface area contributed by atoms with Crippen LogP contribution >= 0.6 is 0 Å². The zero-order chi connectivity index (χ0) is 32.4. The van der Waals surface area contributed by atoms with Crippen LogP contribution in [0.1, 0.15) is 0 Å². The summed E-state index contributed by atoms with van der Waals surface area (Å²) >= 11 is 0. The SMILES string of the molecule is O=c1c2ccccc2c2cc(-n3c4ccccc4c4cc5c(cc43)c3ccccc3n5-c3ccccc3)cc3c4ccccc4c(=O)n1c23. The van der Waals surface area contributed by atoms with Crippen molar-refractivity contribution in [3.05, 3.63) is 172 Å². The van der Waals surface area contributed by atoms with Crippen LogP contribution in [0.25, 0.3) is 92.8 Å². The standard InChI is InChI=1S/C44H25N3O2/c48-43-32-18-6-4-14-28(32)36-22-27(23-37-29-15-5-7-19-33(29)44(49)47(43)42(36)37)46-39-21-11-9-17-31(39)35-24-40-34(25-41(35)46)30-16-8-10-20-38(30)45(40)26-12-2-1-3-13-26/h1-25H. The van der Waals surface area contributed by atoms with Crippen LogP contribution in [0.5, 0.6) is 0 Å². The van der Waals surface area contributed by atoms with Crippen LogP contribution in [-0.4, -0.2) is 13.5 Å². The number of fused-ring (bicyclic) bond motifs is 10. The molecule has 11 rings (SSSR count). The highest BCUT2D eigenvalue weighted by Crippen LogP contribution is 2.41. The molecule has 49 heavy (non-hydrogen) atoms. The minimum Gasteiger partial charge on any atom is -0.309 e. The van der Waals surface area contributed by atoms with Gasteiger partial charge in [-0.1, -0.05) is 91.0 Å². The molecule has 0 aliphatic rings. The van der Waals surface area contributed by atoms with Crippen molar-refractivity contribution < 1.29 is 0 Å². The summed E-state index contributed by atoms with van der Waals surface area (Å²) in [5.74, 6) is 0. The Bertz CT molecular complexity index is 3210. The average Bonchev–Trinajstić information content (AvgIpc) is 3.66. The lowest BCUT2D eigenvalue weighted by atomic mass is 9.98. The predicted octanol–water partition coefficient (Wildman–Crippen LogP) is 9.75. The largest absolute Gasteiger partial charge is 0.309 e. The zero-order valence-electron chi connectivity index (χ0n) is 26.1. The number of rotatable bonds is 2. The van der Waals surface area contributed by atoms with E-state index in [1.54, 1.807) is 0 Å². The maximum Gasteiger partial charge on any atom is 0.266 e. The van der Waals surface area contributed by atoms with Gasteiger partial charge in [-0.3, -0.25) is 9.59 Å². The number of hydrogen-bond donors (Lipinski definition) is 0. The molecular weight excluding hydrogens is 603 g/mol. The summed E-state index contributed by atoms with van der Waals surface area (Å²) in [6, 6.07) is 51.9. The summed E-state index contributed by atoms with van der Waals surface area (Å²) in [7, 11) is 0.